The summed E-state index contributed by atoms with van der Waals surface area (Å²) in [7, 11) is 0. The molecule has 0 radical (unpaired) electrons. The smallest absolute Gasteiger partial charge is 0.320 e. The summed E-state index contributed by atoms with van der Waals surface area (Å²) in [4.78, 5) is 13.3. The number of carbonyl (C=O) groups is 1. The van der Waals surface area contributed by atoms with E-state index in [9.17, 15) is 9.90 Å². The molecule has 0 aromatic carbocycles. The van der Waals surface area contributed by atoms with Crippen LogP contribution in [0.2, 0.25) is 0 Å². The lowest BCUT2D eigenvalue weighted by atomic mass is 9.92. The van der Waals surface area contributed by atoms with Crippen LogP contribution in [0, 0.1) is 5.92 Å². The van der Waals surface area contributed by atoms with Gasteiger partial charge in [0.05, 0.1) is 19.3 Å². The second kappa shape index (κ2) is 6.08. The highest BCUT2D eigenvalue weighted by atomic mass is 16.5. The number of nitrogens with zero attached hydrogens (tertiary/aromatic N) is 1. The predicted molar refractivity (Wildman–Crippen MR) is 57.5 cm³/mol. The van der Waals surface area contributed by atoms with Crippen molar-refractivity contribution in [1.29, 1.82) is 0 Å². The molecule has 0 bridgehead atoms. The molecule has 1 aliphatic rings. The van der Waals surface area contributed by atoms with Crippen LogP contribution in [0.3, 0.4) is 0 Å². The van der Waals surface area contributed by atoms with E-state index in [2.05, 4.69) is 11.8 Å². The van der Waals surface area contributed by atoms with Crippen molar-refractivity contribution < 1.29 is 14.6 Å². The van der Waals surface area contributed by atoms with Gasteiger partial charge >= 0.3 is 5.97 Å². The van der Waals surface area contributed by atoms with Gasteiger partial charge in [0.1, 0.15) is 0 Å². The summed E-state index contributed by atoms with van der Waals surface area (Å²) in [5.41, 5.74) is 0. The zero-order chi connectivity index (χ0) is 11.3. The minimum atomic E-state index is -0.201. The summed E-state index contributed by atoms with van der Waals surface area (Å²) >= 11 is 0. The van der Waals surface area contributed by atoms with Crippen LogP contribution in [0.5, 0.6) is 0 Å². The Balaban J connectivity index is 2.34. The molecule has 0 aliphatic carbocycles. The van der Waals surface area contributed by atoms with Gasteiger partial charge in [-0.2, -0.15) is 0 Å². The summed E-state index contributed by atoms with van der Waals surface area (Å²) in [5, 5.41) is 9.68. The Morgan fingerprint density at radius 3 is 2.87 bits per heavy atom. The number of hydrogen-bond acceptors (Lipinski definition) is 4. The maximum atomic E-state index is 11.3. The third-order valence-electron chi connectivity index (χ3n) is 2.96. The fourth-order valence-electron chi connectivity index (χ4n) is 2.03. The summed E-state index contributed by atoms with van der Waals surface area (Å²) < 4.78 is 4.90. The number of ether oxygens (including phenoxy) is 1. The van der Waals surface area contributed by atoms with Gasteiger partial charge in [-0.3, -0.25) is 9.69 Å². The molecule has 0 saturated carbocycles. The van der Waals surface area contributed by atoms with E-state index in [4.69, 9.17) is 4.74 Å². The lowest BCUT2D eigenvalue weighted by Gasteiger charge is -2.35. The molecule has 1 N–H and O–H groups in total. The van der Waals surface area contributed by atoms with Crippen LogP contribution in [-0.2, 0) is 9.53 Å². The van der Waals surface area contributed by atoms with Gasteiger partial charge in [0.2, 0.25) is 0 Å². The Labute approximate surface area is 91.2 Å². The Bertz CT molecular complexity index is 208. The van der Waals surface area contributed by atoms with E-state index in [-0.39, 0.29) is 12.1 Å². The van der Waals surface area contributed by atoms with Crippen LogP contribution in [0.25, 0.3) is 0 Å². The second-order valence-electron chi connectivity index (χ2n) is 4.06. The number of aliphatic hydroxyl groups is 1. The number of carbonyl (C=O) groups excluding carboxylic acids is 1. The minimum absolute atomic E-state index is 0.163. The Kier molecular flexibility index (Phi) is 5.05. The maximum absolute atomic E-state index is 11.3. The molecule has 1 fully saturated rings. The number of rotatable bonds is 4. The molecule has 88 valence electrons. The molecule has 0 aromatic heterocycles. The van der Waals surface area contributed by atoms with Gasteiger partial charge in [0.25, 0.3) is 0 Å². The molecule has 0 aromatic rings. The lowest BCUT2D eigenvalue weighted by Crippen LogP contribution is -2.45. The van der Waals surface area contributed by atoms with Gasteiger partial charge in [0.15, 0.2) is 0 Å². The molecule has 2 atom stereocenters. The van der Waals surface area contributed by atoms with Crippen LogP contribution < -0.4 is 0 Å². The van der Waals surface area contributed by atoms with Crippen molar-refractivity contribution in [2.45, 2.75) is 32.8 Å². The summed E-state index contributed by atoms with van der Waals surface area (Å²) in [6, 6.07) is 0. The maximum Gasteiger partial charge on any atom is 0.320 e. The number of aliphatic hydroxyl groups excluding tert-OH is 1. The van der Waals surface area contributed by atoms with Crippen molar-refractivity contribution in [3.8, 4) is 0 Å². The highest BCUT2D eigenvalue weighted by molar-refractivity contribution is 5.71. The molecule has 4 nitrogen and oxygen atoms in total. The SMILES string of the molecule is CCOC(=O)CN1CCC(O)C(CC)C1. The van der Waals surface area contributed by atoms with E-state index in [1.54, 1.807) is 0 Å². The van der Waals surface area contributed by atoms with Gasteiger partial charge in [-0.15, -0.1) is 0 Å². The summed E-state index contributed by atoms with van der Waals surface area (Å²) in [6.45, 7) is 6.27. The quantitative estimate of drug-likeness (QED) is 0.699. The standard InChI is InChI=1S/C11H21NO3/c1-3-9-7-12(6-5-10(9)13)8-11(14)15-4-2/h9-10,13H,3-8H2,1-2H3. The molecule has 15 heavy (non-hydrogen) atoms. The molecule has 2 unspecified atom stereocenters. The number of piperidine rings is 1. The average Bonchev–Trinajstić information content (AvgIpc) is 2.21. The Morgan fingerprint density at radius 1 is 1.53 bits per heavy atom. The van der Waals surface area contributed by atoms with Crippen LogP contribution in [0.15, 0.2) is 0 Å². The van der Waals surface area contributed by atoms with Crippen molar-refractivity contribution in [3.63, 3.8) is 0 Å². The van der Waals surface area contributed by atoms with E-state index in [1.807, 2.05) is 6.92 Å². The van der Waals surface area contributed by atoms with Crippen LogP contribution >= 0.6 is 0 Å². The first-order valence-corrected chi connectivity index (χ1v) is 5.73. The van der Waals surface area contributed by atoms with E-state index >= 15 is 0 Å². The van der Waals surface area contributed by atoms with E-state index < -0.39 is 0 Å². The highest BCUT2D eigenvalue weighted by Gasteiger charge is 2.27. The first-order valence-electron chi connectivity index (χ1n) is 5.73. The number of likely N-dealkylation sites (tertiary alicyclic amines) is 1. The fraction of sp³-hybridized carbons (Fsp3) is 0.909. The zero-order valence-corrected chi connectivity index (χ0v) is 9.61. The van der Waals surface area contributed by atoms with Crippen molar-refractivity contribution in [3.05, 3.63) is 0 Å². The van der Waals surface area contributed by atoms with Crippen molar-refractivity contribution in [2.75, 3.05) is 26.2 Å². The zero-order valence-electron chi connectivity index (χ0n) is 9.61. The van der Waals surface area contributed by atoms with Crippen molar-refractivity contribution >= 4 is 5.97 Å². The number of esters is 1. The average molecular weight is 215 g/mol. The largest absolute Gasteiger partial charge is 0.465 e. The Hall–Kier alpha value is -0.610. The fourth-order valence-corrected chi connectivity index (χ4v) is 2.03. The molecular weight excluding hydrogens is 194 g/mol. The monoisotopic (exact) mass is 215 g/mol. The van der Waals surface area contributed by atoms with Gasteiger partial charge < -0.3 is 9.84 Å². The van der Waals surface area contributed by atoms with Gasteiger partial charge in [-0.05, 0) is 25.7 Å². The molecule has 4 heteroatoms. The second-order valence-corrected chi connectivity index (χ2v) is 4.06. The van der Waals surface area contributed by atoms with Crippen LogP contribution in [0.1, 0.15) is 26.7 Å². The van der Waals surface area contributed by atoms with Crippen LogP contribution in [0.4, 0.5) is 0 Å². The molecule has 1 heterocycles. The Morgan fingerprint density at radius 2 is 2.27 bits per heavy atom. The third kappa shape index (κ3) is 3.80. The van der Waals surface area contributed by atoms with Crippen molar-refractivity contribution in [2.24, 2.45) is 5.92 Å². The molecule has 1 saturated heterocycles. The van der Waals surface area contributed by atoms with Gasteiger partial charge in [0, 0.05) is 13.1 Å². The third-order valence-corrected chi connectivity index (χ3v) is 2.96. The summed E-state index contributed by atoms with van der Waals surface area (Å²) in [6.07, 6.45) is 1.52. The first kappa shape index (κ1) is 12.5. The van der Waals surface area contributed by atoms with E-state index in [0.717, 1.165) is 25.9 Å². The van der Waals surface area contributed by atoms with Crippen LogP contribution in [-0.4, -0.2) is 48.3 Å². The first-order chi connectivity index (χ1) is 7.17. The molecular formula is C11H21NO3. The van der Waals surface area contributed by atoms with Gasteiger partial charge in [-0.25, -0.2) is 0 Å². The predicted octanol–water partition coefficient (Wildman–Crippen LogP) is 0.642. The lowest BCUT2D eigenvalue weighted by molar-refractivity contribution is -0.145. The molecule has 1 rings (SSSR count). The van der Waals surface area contributed by atoms with E-state index in [0.29, 0.717) is 19.1 Å². The molecule has 0 spiro atoms. The topological polar surface area (TPSA) is 49.8 Å². The normalized spacial score (nSPS) is 27.7. The highest BCUT2D eigenvalue weighted by Crippen LogP contribution is 2.19. The van der Waals surface area contributed by atoms with Gasteiger partial charge in [-0.1, -0.05) is 6.92 Å². The van der Waals surface area contributed by atoms with E-state index in [1.165, 1.54) is 0 Å². The summed E-state index contributed by atoms with van der Waals surface area (Å²) in [5.74, 6) is 0.136. The minimum Gasteiger partial charge on any atom is -0.465 e. The van der Waals surface area contributed by atoms with Crippen molar-refractivity contribution in [1.82, 2.24) is 4.90 Å². The number of hydrogen-bond donors (Lipinski definition) is 1. The molecule has 0 amide bonds. The molecule has 1 aliphatic heterocycles.